The summed E-state index contributed by atoms with van der Waals surface area (Å²) in [5.41, 5.74) is 1.06. The van der Waals surface area contributed by atoms with E-state index in [1.807, 2.05) is 24.3 Å². The van der Waals surface area contributed by atoms with E-state index in [1.165, 1.54) is 0 Å². The first-order valence-corrected chi connectivity index (χ1v) is 5.52. The molecule has 0 unspecified atom stereocenters. The van der Waals surface area contributed by atoms with Gasteiger partial charge < -0.3 is 10.1 Å². The fraction of sp³-hybridized carbons (Fsp3) is 0.167. The van der Waals surface area contributed by atoms with Crippen LogP contribution in [0.25, 0.3) is 0 Å². The number of nitrogens with one attached hydrogen (secondary N) is 1. The number of ether oxygens (including phenoxy) is 1. The molecule has 1 aromatic heterocycles. The summed E-state index contributed by atoms with van der Waals surface area (Å²) in [6.45, 7) is 0.625. The van der Waals surface area contributed by atoms with Gasteiger partial charge in [0, 0.05) is 12.1 Å². The summed E-state index contributed by atoms with van der Waals surface area (Å²) in [5, 5.41) is 11.2. The molecule has 4 nitrogen and oxygen atoms in total. The third-order valence-corrected chi connectivity index (χ3v) is 2.49. The van der Waals surface area contributed by atoms with Crippen LogP contribution in [0.2, 0.25) is 5.15 Å². The smallest absolute Gasteiger partial charge is 0.151 e. The van der Waals surface area contributed by atoms with E-state index < -0.39 is 0 Å². The molecule has 0 fully saturated rings. The van der Waals surface area contributed by atoms with E-state index in [-0.39, 0.29) is 0 Å². The van der Waals surface area contributed by atoms with Crippen molar-refractivity contribution in [1.29, 1.82) is 0 Å². The first kappa shape index (κ1) is 11.7. The van der Waals surface area contributed by atoms with Crippen molar-refractivity contribution in [2.75, 3.05) is 12.4 Å². The lowest BCUT2D eigenvalue weighted by Gasteiger charge is -2.09. The van der Waals surface area contributed by atoms with Gasteiger partial charge in [0.1, 0.15) is 11.6 Å². The lowest BCUT2D eigenvalue weighted by molar-refractivity contribution is 0.410. The fourth-order valence-corrected chi connectivity index (χ4v) is 1.55. The molecule has 5 heteroatoms. The minimum atomic E-state index is 0.382. The molecule has 0 aliphatic carbocycles. The van der Waals surface area contributed by atoms with Gasteiger partial charge in [-0.2, -0.15) is 0 Å². The highest BCUT2D eigenvalue weighted by atomic mass is 35.5. The van der Waals surface area contributed by atoms with Gasteiger partial charge in [0.15, 0.2) is 5.15 Å². The molecule has 0 saturated heterocycles. The van der Waals surface area contributed by atoms with Crippen molar-refractivity contribution < 1.29 is 4.74 Å². The number of para-hydroxylation sites is 1. The van der Waals surface area contributed by atoms with E-state index in [0.717, 1.165) is 11.3 Å². The van der Waals surface area contributed by atoms with Gasteiger partial charge >= 0.3 is 0 Å². The van der Waals surface area contributed by atoms with E-state index in [1.54, 1.807) is 19.2 Å². The number of hydrogen-bond donors (Lipinski definition) is 1. The number of anilines is 1. The van der Waals surface area contributed by atoms with Gasteiger partial charge in [-0.3, -0.25) is 0 Å². The lowest BCUT2D eigenvalue weighted by Crippen LogP contribution is -2.03. The van der Waals surface area contributed by atoms with E-state index in [9.17, 15) is 0 Å². The average Bonchev–Trinajstić information content (AvgIpc) is 2.38. The van der Waals surface area contributed by atoms with Crippen molar-refractivity contribution in [3.8, 4) is 5.75 Å². The van der Waals surface area contributed by atoms with Crippen molar-refractivity contribution in [3.05, 3.63) is 47.1 Å². The molecule has 1 heterocycles. The van der Waals surface area contributed by atoms with Crippen LogP contribution < -0.4 is 10.1 Å². The highest BCUT2D eigenvalue weighted by molar-refractivity contribution is 6.29. The molecule has 2 rings (SSSR count). The van der Waals surface area contributed by atoms with Crippen LogP contribution in [0.4, 0.5) is 5.82 Å². The van der Waals surface area contributed by atoms with E-state index >= 15 is 0 Å². The number of hydrogen-bond acceptors (Lipinski definition) is 4. The molecule has 0 spiro atoms. The fourth-order valence-electron chi connectivity index (χ4n) is 1.45. The second-order valence-corrected chi connectivity index (χ2v) is 3.79. The number of halogens is 1. The van der Waals surface area contributed by atoms with E-state index in [2.05, 4.69) is 15.5 Å². The third kappa shape index (κ3) is 3.07. The Morgan fingerprint density at radius 3 is 2.71 bits per heavy atom. The van der Waals surface area contributed by atoms with Crippen molar-refractivity contribution >= 4 is 17.4 Å². The van der Waals surface area contributed by atoms with E-state index in [0.29, 0.717) is 17.5 Å². The minimum Gasteiger partial charge on any atom is -0.496 e. The van der Waals surface area contributed by atoms with E-state index in [4.69, 9.17) is 16.3 Å². The Morgan fingerprint density at radius 1 is 1.18 bits per heavy atom. The maximum Gasteiger partial charge on any atom is 0.151 e. The van der Waals surface area contributed by atoms with Gasteiger partial charge in [-0.05, 0) is 18.2 Å². The summed E-state index contributed by atoms with van der Waals surface area (Å²) in [7, 11) is 1.65. The van der Waals surface area contributed by atoms with Crippen LogP contribution in [0.1, 0.15) is 5.56 Å². The van der Waals surface area contributed by atoms with Gasteiger partial charge in [-0.25, -0.2) is 0 Å². The van der Waals surface area contributed by atoms with Crippen LogP contribution >= 0.6 is 11.6 Å². The van der Waals surface area contributed by atoms with Crippen LogP contribution in [-0.4, -0.2) is 17.3 Å². The highest BCUT2D eigenvalue weighted by Crippen LogP contribution is 2.18. The highest BCUT2D eigenvalue weighted by Gasteiger charge is 2.01. The normalized spacial score (nSPS) is 10.0. The molecular weight excluding hydrogens is 238 g/mol. The zero-order valence-corrected chi connectivity index (χ0v) is 10.1. The predicted molar refractivity (Wildman–Crippen MR) is 67.4 cm³/mol. The molecule has 2 aromatic rings. The van der Waals surface area contributed by atoms with Crippen LogP contribution in [0.15, 0.2) is 36.4 Å². The van der Waals surface area contributed by atoms with Crippen molar-refractivity contribution in [1.82, 2.24) is 10.2 Å². The molecule has 0 amide bonds. The topological polar surface area (TPSA) is 47.0 Å². The summed E-state index contributed by atoms with van der Waals surface area (Å²) < 4.78 is 5.26. The Hall–Kier alpha value is -1.81. The molecular formula is C12H12ClN3O. The Bertz CT molecular complexity index is 487. The van der Waals surface area contributed by atoms with Gasteiger partial charge in [-0.15, -0.1) is 10.2 Å². The summed E-state index contributed by atoms with van der Waals surface area (Å²) in [5.74, 6) is 1.53. The molecule has 0 radical (unpaired) electrons. The van der Waals surface area contributed by atoms with Crippen LogP contribution in [0.3, 0.4) is 0 Å². The van der Waals surface area contributed by atoms with Crippen molar-refractivity contribution in [2.24, 2.45) is 0 Å². The number of rotatable bonds is 4. The molecule has 0 atom stereocenters. The van der Waals surface area contributed by atoms with Crippen LogP contribution in [0.5, 0.6) is 5.75 Å². The Kier molecular flexibility index (Phi) is 3.77. The molecule has 0 aliphatic rings. The summed E-state index contributed by atoms with van der Waals surface area (Å²) in [6.07, 6.45) is 0. The zero-order valence-electron chi connectivity index (χ0n) is 9.35. The molecule has 1 N–H and O–H groups in total. The van der Waals surface area contributed by atoms with Gasteiger partial charge in [0.25, 0.3) is 0 Å². The molecule has 88 valence electrons. The third-order valence-electron chi connectivity index (χ3n) is 2.28. The van der Waals surface area contributed by atoms with Crippen LogP contribution in [-0.2, 0) is 6.54 Å². The monoisotopic (exact) mass is 249 g/mol. The number of nitrogens with zero attached hydrogens (tertiary/aromatic N) is 2. The Labute approximate surface area is 105 Å². The molecule has 0 aliphatic heterocycles. The second kappa shape index (κ2) is 5.50. The second-order valence-electron chi connectivity index (χ2n) is 3.41. The van der Waals surface area contributed by atoms with Gasteiger partial charge in [-0.1, -0.05) is 29.8 Å². The largest absolute Gasteiger partial charge is 0.496 e. The maximum atomic E-state index is 5.66. The Balaban J connectivity index is 2.04. The average molecular weight is 250 g/mol. The predicted octanol–water partition coefficient (Wildman–Crippen LogP) is 2.75. The Morgan fingerprint density at radius 2 is 2.00 bits per heavy atom. The first-order chi connectivity index (χ1) is 8.29. The SMILES string of the molecule is COc1ccccc1CNc1ccc(Cl)nn1. The maximum absolute atomic E-state index is 5.66. The summed E-state index contributed by atoms with van der Waals surface area (Å²) >= 11 is 5.66. The zero-order chi connectivity index (χ0) is 12.1. The lowest BCUT2D eigenvalue weighted by atomic mass is 10.2. The van der Waals surface area contributed by atoms with Gasteiger partial charge in [0.05, 0.1) is 7.11 Å². The molecule has 0 saturated carbocycles. The van der Waals surface area contributed by atoms with Crippen molar-refractivity contribution in [2.45, 2.75) is 6.54 Å². The quantitative estimate of drug-likeness (QED) is 0.905. The van der Waals surface area contributed by atoms with Crippen LogP contribution in [0, 0.1) is 0 Å². The molecule has 0 bridgehead atoms. The molecule has 1 aromatic carbocycles. The first-order valence-electron chi connectivity index (χ1n) is 5.14. The number of methoxy groups -OCH3 is 1. The van der Waals surface area contributed by atoms with Crippen molar-refractivity contribution in [3.63, 3.8) is 0 Å². The minimum absolute atomic E-state index is 0.382. The number of benzene rings is 1. The summed E-state index contributed by atoms with van der Waals surface area (Å²) in [6, 6.07) is 11.3. The van der Waals surface area contributed by atoms with Gasteiger partial charge in [0.2, 0.25) is 0 Å². The molecule has 17 heavy (non-hydrogen) atoms. The summed E-state index contributed by atoms with van der Waals surface area (Å²) in [4.78, 5) is 0. The standard InChI is InChI=1S/C12H12ClN3O/c1-17-10-5-3-2-4-9(10)8-14-12-7-6-11(13)15-16-12/h2-7H,8H2,1H3,(H,14,16). The number of aromatic nitrogens is 2.